The maximum Gasteiger partial charge on any atom is 0.232 e. The van der Waals surface area contributed by atoms with Crippen molar-refractivity contribution in [3.05, 3.63) is 29.8 Å². The molecular weight excluding hydrogens is 340 g/mol. The fourth-order valence-electron chi connectivity index (χ4n) is 2.04. The molecule has 0 spiro atoms. The van der Waals surface area contributed by atoms with E-state index < -0.39 is 21.7 Å². The number of amides is 1. The highest BCUT2D eigenvalue weighted by Gasteiger charge is 2.20. The highest BCUT2D eigenvalue weighted by atomic mass is 32.2. The number of nitrogens with one attached hydrogen (secondary N) is 1. The maximum atomic E-state index is 13.3. The van der Waals surface area contributed by atoms with Gasteiger partial charge in [-0.3, -0.25) is 9.10 Å². The van der Waals surface area contributed by atoms with E-state index in [1.54, 1.807) is 0 Å². The zero-order valence-corrected chi connectivity index (χ0v) is 14.9. The summed E-state index contributed by atoms with van der Waals surface area (Å²) in [5, 5.41) is 2.70. The van der Waals surface area contributed by atoms with Crippen LogP contribution in [0, 0.1) is 11.6 Å². The molecule has 9 heteroatoms. The van der Waals surface area contributed by atoms with Crippen molar-refractivity contribution in [3.8, 4) is 0 Å². The Morgan fingerprint density at radius 3 is 2.38 bits per heavy atom. The second-order valence-corrected chi connectivity index (χ2v) is 7.60. The molecule has 0 bridgehead atoms. The van der Waals surface area contributed by atoms with Crippen LogP contribution in [0.3, 0.4) is 0 Å². The summed E-state index contributed by atoms with van der Waals surface area (Å²) in [5.41, 5.74) is -0.0168. The number of halogens is 2. The summed E-state index contributed by atoms with van der Waals surface area (Å²) >= 11 is 0. The lowest BCUT2D eigenvalue weighted by Gasteiger charge is -2.22. The van der Waals surface area contributed by atoms with Gasteiger partial charge in [-0.05, 0) is 39.2 Å². The third-order valence-corrected chi connectivity index (χ3v) is 4.43. The molecule has 0 aliphatic heterocycles. The van der Waals surface area contributed by atoms with Crippen LogP contribution in [0.2, 0.25) is 0 Å². The van der Waals surface area contributed by atoms with Gasteiger partial charge in [0.15, 0.2) is 11.6 Å². The minimum atomic E-state index is -3.72. The molecule has 1 aromatic carbocycles. The van der Waals surface area contributed by atoms with Gasteiger partial charge in [0.2, 0.25) is 15.9 Å². The molecule has 24 heavy (non-hydrogen) atoms. The lowest BCUT2D eigenvalue weighted by Crippen LogP contribution is -2.35. The monoisotopic (exact) mass is 363 g/mol. The second-order valence-electron chi connectivity index (χ2n) is 5.69. The molecule has 1 N–H and O–H groups in total. The number of carbonyl (C=O) groups excluding carboxylic acids is 1. The normalized spacial score (nSPS) is 11.6. The molecule has 1 amide bonds. The van der Waals surface area contributed by atoms with E-state index in [9.17, 15) is 22.0 Å². The summed E-state index contributed by atoms with van der Waals surface area (Å²) < 4.78 is 50.9. The molecule has 0 aromatic heterocycles. The van der Waals surface area contributed by atoms with Crippen molar-refractivity contribution in [3.63, 3.8) is 0 Å². The van der Waals surface area contributed by atoms with Crippen molar-refractivity contribution in [2.24, 2.45) is 0 Å². The van der Waals surface area contributed by atoms with Crippen molar-refractivity contribution in [1.29, 1.82) is 0 Å². The van der Waals surface area contributed by atoms with Gasteiger partial charge < -0.3 is 10.2 Å². The van der Waals surface area contributed by atoms with Crippen molar-refractivity contribution in [1.82, 2.24) is 10.2 Å². The van der Waals surface area contributed by atoms with E-state index >= 15 is 0 Å². The van der Waals surface area contributed by atoms with Crippen LogP contribution in [-0.2, 0) is 14.8 Å². The molecule has 0 fully saturated rings. The Balaban J connectivity index is 2.65. The SMILES string of the molecule is CN(C)CCCNC(=O)CCN(c1ccc(F)c(F)c1)S(C)(=O)=O. The number of sulfonamides is 1. The van der Waals surface area contributed by atoms with E-state index in [0.29, 0.717) is 6.54 Å². The lowest BCUT2D eigenvalue weighted by molar-refractivity contribution is -0.120. The first-order valence-corrected chi connectivity index (χ1v) is 9.30. The molecule has 6 nitrogen and oxygen atoms in total. The summed E-state index contributed by atoms with van der Waals surface area (Å²) in [5.74, 6) is -2.51. The van der Waals surface area contributed by atoms with E-state index in [1.807, 2.05) is 19.0 Å². The van der Waals surface area contributed by atoms with E-state index in [-0.39, 0.29) is 24.6 Å². The molecule has 0 aliphatic carbocycles. The fraction of sp³-hybridized carbons (Fsp3) is 0.533. The Bertz CT molecular complexity index is 666. The number of hydrogen-bond donors (Lipinski definition) is 1. The molecular formula is C15H23F2N3O3S. The number of hydrogen-bond acceptors (Lipinski definition) is 4. The molecule has 0 saturated carbocycles. The smallest absolute Gasteiger partial charge is 0.232 e. The largest absolute Gasteiger partial charge is 0.356 e. The average Bonchev–Trinajstić information content (AvgIpc) is 2.46. The van der Waals surface area contributed by atoms with Crippen molar-refractivity contribution < 1.29 is 22.0 Å². The number of carbonyl (C=O) groups is 1. The van der Waals surface area contributed by atoms with Gasteiger partial charge in [0, 0.05) is 25.6 Å². The molecule has 0 unspecified atom stereocenters. The molecule has 136 valence electrons. The van der Waals surface area contributed by atoms with E-state index in [4.69, 9.17) is 0 Å². The van der Waals surface area contributed by atoms with E-state index in [2.05, 4.69) is 5.32 Å². The Morgan fingerprint density at radius 1 is 1.17 bits per heavy atom. The van der Waals surface area contributed by atoms with Gasteiger partial charge in [-0.2, -0.15) is 0 Å². The van der Waals surface area contributed by atoms with Crippen LogP contribution in [0.5, 0.6) is 0 Å². The van der Waals surface area contributed by atoms with Gasteiger partial charge >= 0.3 is 0 Å². The molecule has 0 radical (unpaired) electrons. The Kier molecular flexibility index (Phi) is 7.56. The molecule has 1 aromatic rings. The van der Waals surface area contributed by atoms with Crippen LogP contribution in [0.4, 0.5) is 14.5 Å². The van der Waals surface area contributed by atoms with Gasteiger partial charge in [0.25, 0.3) is 0 Å². The van der Waals surface area contributed by atoms with Crippen LogP contribution in [0.25, 0.3) is 0 Å². The van der Waals surface area contributed by atoms with Gasteiger partial charge in [-0.15, -0.1) is 0 Å². The number of anilines is 1. The summed E-state index contributed by atoms with van der Waals surface area (Å²) in [6.45, 7) is 1.16. The molecule has 1 rings (SSSR count). The summed E-state index contributed by atoms with van der Waals surface area (Å²) in [6.07, 6.45) is 1.65. The number of rotatable bonds is 9. The summed E-state index contributed by atoms with van der Waals surface area (Å²) in [7, 11) is 0.126. The minimum Gasteiger partial charge on any atom is -0.356 e. The lowest BCUT2D eigenvalue weighted by atomic mass is 10.3. The predicted molar refractivity (Wildman–Crippen MR) is 89.3 cm³/mol. The first kappa shape index (κ1) is 20.3. The van der Waals surface area contributed by atoms with Crippen LogP contribution in [0.1, 0.15) is 12.8 Å². The highest BCUT2D eigenvalue weighted by molar-refractivity contribution is 7.92. The Morgan fingerprint density at radius 2 is 1.83 bits per heavy atom. The van der Waals surface area contributed by atoms with Gasteiger partial charge in [-0.25, -0.2) is 17.2 Å². The molecule has 0 atom stereocenters. The van der Waals surface area contributed by atoms with E-state index in [1.165, 1.54) is 0 Å². The molecule has 0 aliphatic rings. The van der Waals surface area contributed by atoms with Crippen molar-refractivity contribution in [2.45, 2.75) is 12.8 Å². The number of benzene rings is 1. The maximum absolute atomic E-state index is 13.3. The quantitative estimate of drug-likeness (QED) is 0.669. The second kappa shape index (κ2) is 8.93. The van der Waals surface area contributed by atoms with Crippen LogP contribution in [-0.4, -0.2) is 59.2 Å². The standard InChI is InChI=1S/C15H23F2N3O3S/c1-19(2)9-4-8-18-15(21)7-10-20(24(3,22)23)12-5-6-13(16)14(17)11-12/h5-6,11H,4,7-10H2,1-3H3,(H,18,21). The first-order valence-electron chi connectivity index (χ1n) is 7.45. The van der Waals surface area contributed by atoms with Gasteiger partial charge in [0.1, 0.15) is 0 Å². The van der Waals surface area contributed by atoms with Crippen molar-refractivity contribution in [2.75, 3.05) is 44.3 Å². The summed E-state index contributed by atoms with van der Waals surface area (Å²) in [4.78, 5) is 13.8. The predicted octanol–water partition coefficient (Wildman–Crippen LogP) is 1.19. The molecule has 0 saturated heterocycles. The highest BCUT2D eigenvalue weighted by Crippen LogP contribution is 2.20. The van der Waals surface area contributed by atoms with Crippen molar-refractivity contribution >= 4 is 21.6 Å². The third kappa shape index (κ3) is 6.79. The molecule has 0 heterocycles. The van der Waals surface area contributed by atoms with Crippen LogP contribution in [0.15, 0.2) is 18.2 Å². The Labute approximate surface area is 141 Å². The van der Waals surface area contributed by atoms with E-state index in [0.717, 1.165) is 41.7 Å². The zero-order chi connectivity index (χ0) is 18.3. The topological polar surface area (TPSA) is 69.7 Å². The Hall–Kier alpha value is -1.74. The van der Waals surface area contributed by atoms with Gasteiger partial charge in [-0.1, -0.05) is 0 Å². The summed E-state index contributed by atoms with van der Waals surface area (Å²) in [6, 6.07) is 2.81. The fourth-order valence-corrected chi connectivity index (χ4v) is 2.96. The minimum absolute atomic E-state index is 0.0168. The average molecular weight is 363 g/mol. The first-order chi connectivity index (χ1) is 11.1. The zero-order valence-electron chi connectivity index (χ0n) is 14.1. The third-order valence-electron chi connectivity index (χ3n) is 3.24. The number of nitrogens with zero attached hydrogens (tertiary/aromatic N) is 2. The van der Waals surface area contributed by atoms with Gasteiger partial charge in [0.05, 0.1) is 11.9 Å². The van der Waals surface area contributed by atoms with Crippen LogP contribution >= 0.6 is 0 Å². The van der Waals surface area contributed by atoms with Crippen LogP contribution < -0.4 is 9.62 Å².